The molecule has 1 aromatic heterocycles. The number of Topliss-reactive ketones (excluding diaryl/α,β-unsaturated/α-hetero) is 1. The first kappa shape index (κ1) is 16.5. The van der Waals surface area contributed by atoms with Crippen LogP contribution in [-0.4, -0.2) is 20.2 Å². The highest BCUT2D eigenvalue weighted by atomic mass is 79.9. The number of nitrogens with zero attached hydrogens (tertiary/aromatic N) is 2. The summed E-state index contributed by atoms with van der Waals surface area (Å²) in [6.07, 6.45) is 0. The lowest BCUT2D eigenvalue weighted by Gasteiger charge is -2.03. The normalized spacial score (nSPS) is 13.5. The number of carbonyl (C=O) groups excluding carboxylic acids is 1. The van der Waals surface area contributed by atoms with E-state index in [4.69, 9.17) is 0 Å². The smallest absolute Gasteiger partial charge is 0.215 e. The zero-order chi connectivity index (χ0) is 17.2. The summed E-state index contributed by atoms with van der Waals surface area (Å²) in [6.45, 7) is 0. The number of rotatable bonds is 1. The van der Waals surface area contributed by atoms with Gasteiger partial charge in [-0.05, 0) is 66.0 Å². The molecule has 0 saturated carbocycles. The van der Waals surface area contributed by atoms with Crippen LogP contribution in [0.2, 0.25) is 0 Å². The molecule has 1 N–H and O–H groups in total. The van der Waals surface area contributed by atoms with E-state index >= 15 is 0 Å². The number of halogens is 4. The lowest BCUT2D eigenvalue weighted by Crippen LogP contribution is -2.13. The van der Waals surface area contributed by atoms with E-state index in [-0.39, 0.29) is 17.2 Å². The zero-order valence-corrected chi connectivity index (χ0v) is 18.0. The van der Waals surface area contributed by atoms with Crippen molar-refractivity contribution in [3.63, 3.8) is 0 Å². The van der Waals surface area contributed by atoms with Gasteiger partial charge in [0.15, 0.2) is 5.75 Å². The third-order valence-corrected chi connectivity index (χ3v) is 7.87. The Morgan fingerprint density at radius 1 is 1.08 bits per heavy atom. The minimum atomic E-state index is -0.210. The van der Waals surface area contributed by atoms with Gasteiger partial charge >= 0.3 is 0 Å². The third-order valence-electron chi connectivity index (χ3n) is 3.83. The van der Waals surface area contributed by atoms with Gasteiger partial charge in [-0.15, -0.1) is 0 Å². The van der Waals surface area contributed by atoms with Crippen LogP contribution >= 0.6 is 63.9 Å². The first-order valence-corrected chi connectivity index (χ1v) is 9.80. The van der Waals surface area contributed by atoms with Gasteiger partial charge in [0, 0.05) is 19.0 Å². The van der Waals surface area contributed by atoms with Gasteiger partial charge in [-0.1, -0.05) is 12.1 Å². The van der Waals surface area contributed by atoms with E-state index in [2.05, 4.69) is 68.9 Å². The molecule has 24 heavy (non-hydrogen) atoms. The number of ketones is 1. The Morgan fingerprint density at radius 2 is 1.79 bits per heavy atom. The maximum absolute atomic E-state index is 12.7. The summed E-state index contributed by atoms with van der Waals surface area (Å²) in [5, 5.41) is 11.4. The minimum Gasteiger partial charge on any atom is -0.505 e. The predicted molar refractivity (Wildman–Crippen MR) is 108 cm³/mol. The molecule has 0 saturated heterocycles. The number of aliphatic imine (C=N–C) groups is 1. The molecule has 0 bridgehead atoms. The maximum atomic E-state index is 12.7. The van der Waals surface area contributed by atoms with Crippen molar-refractivity contribution in [1.82, 2.24) is 3.59 Å². The molecule has 3 aromatic rings. The van der Waals surface area contributed by atoms with Crippen molar-refractivity contribution in [1.29, 1.82) is 0 Å². The van der Waals surface area contributed by atoms with Crippen LogP contribution in [0.5, 0.6) is 5.75 Å². The van der Waals surface area contributed by atoms with Gasteiger partial charge in [-0.2, -0.15) is 0 Å². The molecule has 0 amide bonds. The minimum absolute atomic E-state index is 0.0122. The third kappa shape index (κ3) is 2.20. The number of benzene rings is 2. The first-order chi connectivity index (χ1) is 11.4. The number of para-hydroxylation sites is 1. The van der Waals surface area contributed by atoms with Crippen LogP contribution in [0.1, 0.15) is 16.1 Å². The zero-order valence-electron chi connectivity index (χ0n) is 11.6. The van der Waals surface area contributed by atoms with Crippen LogP contribution in [-0.2, 0) is 0 Å². The number of hydrogen-bond acceptors (Lipinski definition) is 3. The summed E-state index contributed by atoms with van der Waals surface area (Å²) < 4.78 is 3.88. The fourth-order valence-electron chi connectivity index (χ4n) is 2.72. The van der Waals surface area contributed by atoms with Crippen molar-refractivity contribution in [2.75, 3.05) is 0 Å². The van der Waals surface area contributed by atoms with E-state index in [1.807, 2.05) is 12.1 Å². The topological polar surface area (TPSA) is 54.6 Å². The molecular weight excluding hydrogens is 572 g/mol. The highest BCUT2D eigenvalue weighted by molar-refractivity contribution is 9.14. The molecule has 0 fully saturated rings. The van der Waals surface area contributed by atoms with Crippen LogP contribution in [0.15, 0.2) is 48.7 Å². The average Bonchev–Trinajstić information content (AvgIpc) is 3.01. The Kier molecular flexibility index (Phi) is 3.98. The summed E-state index contributed by atoms with van der Waals surface area (Å²) in [5.74, 6) is -0.222. The van der Waals surface area contributed by atoms with Crippen molar-refractivity contribution in [2.45, 2.75) is 0 Å². The van der Waals surface area contributed by atoms with Crippen LogP contribution in [0.4, 0.5) is 5.69 Å². The Balaban J connectivity index is 2.04. The Morgan fingerprint density at radius 3 is 2.50 bits per heavy atom. The highest BCUT2D eigenvalue weighted by Crippen LogP contribution is 2.46. The van der Waals surface area contributed by atoms with E-state index in [0.717, 1.165) is 8.95 Å². The fraction of sp³-hybridized carbons (Fsp3) is 0. The number of fused-ring (bicyclic) bond motifs is 2. The van der Waals surface area contributed by atoms with Gasteiger partial charge in [0.2, 0.25) is 5.78 Å². The van der Waals surface area contributed by atoms with Gasteiger partial charge in [0.1, 0.15) is 11.4 Å². The van der Waals surface area contributed by atoms with E-state index in [0.29, 0.717) is 32.3 Å². The standard InChI is InChI=1S/C16H6Br4N2O2/c17-7-5-9-10(12(19)11(7)18)16(24)14(22(9)20)13-15(23)6-3-1-2-4-8(6)21-13/h1-5,24H. The molecule has 4 nitrogen and oxygen atoms in total. The van der Waals surface area contributed by atoms with Crippen LogP contribution in [0, 0.1) is 0 Å². The highest BCUT2D eigenvalue weighted by Gasteiger charge is 2.32. The van der Waals surface area contributed by atoms with Crippen LogP contribution in [0.3, 0.4) is 0 Å². The van der Waals surface area contributed by atoms with Crippen molar-refractivity contribution in [3.8, 4) is 5.75 Å². The number of aromatic nitrogens is 1. The maximum Gasteiger partial charge on any atom is 0.215 e. The summed E-state index contributed by atoms with van der Waals surface area (Å²) >= 11 is 13.9. The van der Waals surface area contributed by atoms with E-state index in [1.54, 1.807) is 21.8 Å². The van der Waals surface area contributed by atoms with Crippen molar-refractivity contribution in [2.24, 2.45) is 4.99 Å². The molecule has 1 aliphatic rings. The number of hydrogen-bond donors (Lipinski definition) is 1. The largest absolute Gasteiger partial charge is 0.505 e. The van der Waals surface area contributed by atoms with Crippen LogP contribution in [0.25, 0.3) is 10.9 Å². The summed E-state index contributed by atoms with van der Waals surface area (Å²) in [5.41, 5.74) is 2.39. The molecule has 0 atom stereocenters. The van der Waals surface area contributed by atoms with E-state index < -0.39 is 0 Å². The molecule has 0 unspecified atom stereocenters. The van der Waals surface area contributed by atoms with Crippen molar-refractivity contribution >= 4 is 92.0 Å². The van der Waals surface area contributed by atoms with E-state index in [1.165, 1.54) is 0 Å². The number of carbonyl (C=O) groups is 1. The van der Waals surface area contributed by atoms with E-state index in [9.17, 15) is 9.90 Å². The second-order valence-electron chi connectivity index (χ2n) is 5.17. The van der Waals surface area contributed by atoms with Crippen molar-refractivity contribution < 1.29 is 9.90 Å². The average molecular weight is 578 g/mol. The molecule has 120 valence electrons. The van der Waals surface area contributed by atoms with Gasteiger partial charge in [0.25, 0.3) is 0 Å². The molecule has 0 radical (unpaired) electrons. The quantitative estimate of drug-likeness (QED) is 0.355. The summed E-state index contributed by atoms with van der Waals surface area (Å²) in [7, 11) is 0. The molecule has 4 rings (SSSR count). The molecule has 0 spiro atoms. The second-order valence-corrected chi connectivity index (χ2v) is 8.31. The second kappa shape index (κ2) is 5.79. The Labute approximate surface area is 170 Å². The Hall–Kier alpha value is -0.960. The van der Waals surface area contributed by atoms with Gasteiger partial charge in [0.05, 0.1) is 32.7 Å². The summed E-state index contributed by atoms with van der Waals surface area (Å²) in [4.78, 5) is 17.1. The fourth-order valence-corrected chi connectivity index (χ4v) is 4.94. The molecule has 8 heteroatoms. The van der Waals surface area contributed by atoms with Gasteiger partial charge in [-0.25, -0.2) is 4.99 Å². The van der Waals surface area contributed by atoms with Gasteiger partial charge in [-0.3, -0.25) is 8.39 Å². The first-order valence-electron chi connectivity index (χ1n) is 6.71. The lowest BCUT2D eigenvalue weighted by atomic mass is 10.1. The number of aromatic hydroxyl groups is 1. The molecule has 1 aliphatic heterocycles. The SMILES string of the molecule is O=C1C(c2c(O)c3c(Br)c(Br)c(Br)cc3n2Br)=Nc2ccccc21. The van der Waals surface area contributed by atoms with Crippen LogP contribution < -0.4 is 0 Å². The molecule has 2 heterocycles. The van der Waals surface area contributed by atoms with Crippen molar-refractivity contribution in [3.05, 3.63) is 55.0 Å². The predicted octanol–water partition coefficient (Wildman–Crippen LogP) is 6.11. The molecule has 0 aliphatic carbocycles. The monoisotopic (exact) mass is 574 g/mol. The van der Waals surface area contributed by atoms with Gasteiger partial charge < -0.3 is 5.11 Å². The summed E-state index contributed by atoms with van der Waals surface area (Å²) in [6, 6.07) is 8.98. The molecule has 2 aromatic carbocycles. The lowest BCUT2D eigenvalue weighted by molar-refractivity contribution is 0.106. The molecular formula is C16H6Br4N2O2. The Bertz CT molecular complexity index is 1090.